The fraction of sp³-hybridized carbons (Fsp3) is 0.909. The fourth-order valence-electron chi connectivity index (χ4n) is 1.09. The zero-order valence-electron chi connectivity index (χ0n) is 10.5. The number of carbonyl (C=O) groups excluding carboxylic acids is 1. The van der Waals surface area contributed by atoms with Crippen molar-refractivity contribution in [3.05, 3.63) is 0 Å². The summed E-state index contributed by atoms with van der Waals surface area (Å²) in [5.74, 6) is 1.07. The molecule has 0 spiro atoms. The van der Waals surface area contributed by atoms with Crippen LogP contribution in [0.25, 0.3) is 0 Å². The van der Waals surface area contributed by atoms with Gasteiger partial charge in [0.05, 0.1) is 6.54 Å². The maximum atomic E-state index is 11.6. The molecule has 0 aromatic heterocycles. The van der Waals surface area contributed by atoms with Gasteiger partial charge in [-0.25, -0.2) is 0 Å². The highest BCUT2D eigenvalue weighted by atomic mass is 32.2. The first-order chi connectivity index (χ1) is 6.89. The average Bonchev–Trinajstić information content (AvgIpc) is 2.13. The SMILES string of the molecule is CCC(CSC)NC(=O)CNC(C)(C)C. The maximum absolute atomic E-state index is 11.6. The lowest BCUT2D eigenvalue weighted by atomic mass is 10.1. The van der Waals surface area contributed by atoms with Crippen LogP contribution in [0, 0.1) is 0 Å². The topological polar surface area (TPSA) is 41.1 Å². The van der Waals surface area contributed by atoms with Crippen LogP contribution in [0.4, 0.5) is 0 Å². The highest BCUT2D eigenvalue weighted by Crippen LogP contribution is 2.01. The van der Waals surface area contributed by atoms with E-state index in [-0.39, 0.29) is 11.4 Å². The van der Waals surface area contributed by atoms with Gasteiger partial charge in [0.1, 0.15) is 0 Å². The number of hydrogen-bond acceptors (Lipinski definition) is 3. The molecule has 0 aromatic carbocycles. The van der Waals surface area contributed by atoms with Crippen molar-refractivity contribution in [1.29, 1.82) is 0 Å². The number of hydrogen-bond donors (Lipinski definition) is 2. The normalized spacial score (nSPS) is 13.7. The summed E-state index contributed by atoms with van der Waals surface area (Å²) in [6.07, 6.45) is 3.05. The van der Waals surface area contributed by atoms with Crippen molar-refractivity contribution >= 4 is 17.7 Å². The Labute approximate surface area is 97.8 Å². The van der Waals surface area contributed by atoms with E-state index >= 15 is 0 Å². The largest absolute Gasteiger partial charge is 0.351 e. The number of rotatable bonds is 6. The maximum Gasteiger partial charge on any atom is 0.234 e. The molecule has 0 rings (SSSR count). The van der Waals surface area contributed by atoms with E-state index in [0.717, 1.165) is 12.2 Å². The highest BCUT2D eigenvalue weighted by Gasteiger charge is 2.13. The molecule has 1 amide bonds. The van der Waals surface area contributed by atoms with Gasteiger partial charge in [0, 0.05) is 17.3 Å². The number of carbonyl (C=O) groups is 1. The van der Waals surface area contributed by atoms with Gasteiger partial charge in [-0.15, -0.1) is 0 Å². The molecule has 0 radical (unpaired) electrons. The van der Waals surface area contributed by atoms with Gasteiger partial charge in [-0.05, 0) is 33.4 Å². The van der Waals surface area contributed by atoms with Crippen molar-refractivity contribution in [3.63, 3.8) is 0 Å². The smallest absolute Gasteiger partial charge is 0.234 e. The van der Waals surface area contributed by atoms with E-state index in [0.29, 0.717) is 12.6 Å². The Balaban J connectivity index is 3.81. The third-order valence-corrected chi connectivity index (χ3v) is 2.74. The minimum atomic E-state index is -0.00143. The standard InChI is InChI=1S/C11H24N2OS/c1-6-9(8-15-5)13-10(14)7-12-11(2,3)4/h9,12H,6-8H2,1-5H3,(H,13,14). The summed E-state index contributed by atoms with van der Waals surface area (Å²) >= 11 is 1.76. The van der Waals surface area contributed by atoms with Gasteiger partial charge < -0.3 is 10.6 Å². The Kier molecular flexibility index (Phi) is 7.02. The molecule has 15 heavy (non-hydrogen) atoms. The van der Waals surface area contributed by atoms with E-state index in [1.54, 1.807) is 11.8 Å². The first-order valence-electron chi connectivity index (χ1n) is 5.42. The summed E-state index contributed by atoms with van der Waals surface area (Å²) in [6, 6.07) is 0.300. The number of nitrogens with one attached hydrogen (secondary N) is 2. The van der Waals surface area contributed by atoms with Crippen LogP contribution in [0.3, 0.4) is 0 Å². The Morgan fingerprint density at radius 1 is 1.40 bits per heavy atom. The minimum Gasteiger partial charge on any atom is -0.351 e. The van der Waals surface area contributed by atoms with E-state index in [1.807, 2.05) is 0 Å². The first-order valence-corrected chi connectivity index (χ1v) is 6.81. The molecular formula is C11H24N2OS. The van der Waals surface area contributed by atoms with Crippen molar-refractivity contribution in [3.8, 4) is 0 Å². The Hall–Kier alpha value is -0.220. The van der Waals surface area contributed by atoms with Crippen LogP contribution in [0.15, 0.2) is 0 Å². The summed E-state index contributed by atoms with van der Waals surface area (Å²) in [5.41, 5.74) is -0.00143. The molecule has 4 heteroatoms. The molecule has 90 valence electrons. The molecule has 0 heterocycles. The molecule has 2 N–H and O–H groups in total. The van der Waals surface area contributed by atoms with Gasteiger partial charge in [-0.1, -0.05) is 6.92 Å². The van der Waals surface area contributed by atoms with Gasteiger partial charge in [0.25, 0.3) is 0 Å². The van der Waals surface area contributed by atoms with Crippen LogP contribution in [0.1, 0.15) is 34.1 Å². The molecule has 0 aliphatic heterocycles. The zero-order valence-corrected chi connectivity index (χ0v) is 11.3. The molecule has 1 atom stereocenters. The quantitative estimate of drug-likeness (QED) is 0.731. The van der Waals surface area contributed by atoms with Crippen molar-refractivity contribution in [1.82, 2.24) is 10.6 Å². The molecular weight excluding hydrogens is 208 g/mol. The van der Waals surface area contributed by atoms with E-state index < -0.39 is 0 Å². The van der Waals surface area contributed by atoms with E-state index in [2.05, 4.69) is 44.6 Å². The predicted octanol–water partition coefficient (Wildman–Crippen LogP) is 1.63. The summed E-state index contributed by atoms with van der Waals surface area (Å²) in [4.78, 5) is 11.6. The van der Waals surface area contributed by atoms with E-state index in [1.165, 1.54) is 0 Å². The molecule has 0 fully saturated rings. The molecule has 3 nitrogen and oxygen atoms in total. The first kappa shape index (κ1) is 14.8. The Bertz CT molecular complexity index is 190. The second-order valence-electron chi connectivity index (χ2n) is 4.73. The molecule has 0 saturated carbocycles. The highest BCUT2D eigenvalue weighted by molar-refractivity contribution is 7.98. The lowest BCUT2D eigenvalue weighted by Crippen LogP contribution is -2.46. The van der Waals surface area contributed by atoms with E-state index in [9.17, 15) is 4.79 Å². The Morgan fingerprint density at radius 2 is 2.00 bits per heavy atom. The lowest BCUT2D eigenvalue weighted by Gasteiger charge is -2.21. The second-order valence-corrected chi connectivity index (χ2v) is 5.64. The number of thioether (sulfide) groups is 1. The lowest BCUT2D eigenvalue weighted by molar-refractivity contribution is -0.121. The van der Waals surface area contributed by atoms with Crippen molar-refractivity contribution in [2.24, 2.45) is 0 Å². The van der Waals surface area contributed by atoms with Crippen LogP contribution in [0.5, 0.6) is 0 Å². The van der Waals surface area contributed by atoms with Gasteiger partial charge in [0.15, 0.2) is 0 Å². The average molecular weight is 232 g/mol. The van der Waals surface area contributed by atoms with Gasteiger partial charge in [-0.3, -0.25) is 4.79 Å². The summed E-state index contributed by atoms with van der Waals surface area (Å²) < 4.78 is 0. The second kappa shape index (κ2) is 7.12. The van der Waals surface area contributed by atoms with Crippen LogP contribution < -0.4 is 10.6 Å². The van der Waals surface area contributed by atoms with Crippen LogP contribution in [-0.4, -0.2) is 36.0 Å². The van der Waals surface area contributed by atoms with Crippen LogP contribution in [0.2, 0.25) is 0 Å². The van der Waals surface area contributed by atoms with Gasteiger partial charge in [0.2, 0.25) is 5.91 Å². The minimum absolute atomic E-state index is 0.00143. The van der Waals surface area contributed by atoms with Crippen molar-refractivity contribution in [2.75, 3.05) is 18.6 Å². The molecule has 1 unspecified atom stereocenters. The van der Waals surface area contributed by atoms with Crippen LogP contribution in [-0.2, 0) is 4.79 Å². The van der Waals surface area contributed by atoms with Gasteiger partial charge >= 0.3 is 0 Å². The van der Waals surface area contributed by atoms with E-state index in [4.69, 9.17) is 0 Å². The predicted molar refractivity (Wildman–Crippen MR) is 68.4 cm³/mol. The van der Waals surface area contributed by atoms with Crippen LogP contribution >= 0.6 is 11.8 Å². The molecule has 0 aromatic rings. The summed E-state index contributed by atoms with van der Waals surface area (Å²) in [6.45, 7) is 8.66. The molecule has 0 saturated heterocycles. The van der Waals surface area contributed by atoms with Crippen molar-refractivity contribution in [2.45, 2.75) is 45.7 Å². The monoisotopic (exact) mass is 232 g/mol. The van der Waals surface area contributed by atoms with Gasteiger partial charge in [-0.2, -0.15) is 11.8 Å². The van der Waals surface area contributed by atoms with Crippen molar-refractivity contribution < 1.29 is 4.79 Å². The third kappa shape index (κ3) is 8.75. The molecule has 0 bridgehead atoms. The zero-order chi connectivity index (χ0) is 11.9. The number of amides is 1. The molecule has 0 aliphatic rings. The molecule has 0 aliphatic carbocycles. The fourth-order valence-corrected chi connectivity index (χ4v) is 1.81. The summed E-state index contributed by atoms with van der Waals surface area (Å²) in [5, 5.41) is 6.19. The Morgan fingerprint density at radius 3 is 2.40 bits per heavy atom. The summed E-state index contributed by atoms with van der Waals surface area (Å²) in [7, 11) is 0. The third-order valence-electron chi connectivity index (χ3n) is 2.01.